The molecule has 6 nitrogen and oxygen atoms in total. The second kappa shape index (κ2) is 8.74. The standard InChI is InChI=1S/C27H24N4O2/c1-20-10-8-9-13-22(20)18-29-19-28-25-24(29)26(32)30(17-16-21-11-4-2-5-12-21)27(33)31(25)23-14-6-3-7-15-23/h2-15,19H,16-18H2,1H3. The highest BCUT2D eigenvalue weighted by Crippen LogP contribution is 2.16. The van der Waals surface area contributed by atoms with E-state index < -0.39 is 0 Å². The molecule has 3 aromatic carbocycles. The molecule has 0 unspecified atom stereocenters. The molecule has 0 fully saturated rings. The first-order valence-electron chi connectivity index (χ1n) is 11.0. The number of hydrogen-bond donors (Lipinski definition) is 0. The van der Waals surface area contributed by atoms with Crippen LogP contribution in [0.25, 0.3) is 16.9 Å². The van der Waals surface area contributed by atoms with Crippen molar-refractivity contribution in [2.45, 2.75) is 26.4 Å². The molecule has 0 radical (unpaired) electrons. The van der Waals surface area contributed by atoms with Crippen molar-refractivity contribution < 1.29 is 0 Å². The highest BCUT2D eigenvalue weighted by molar-refractivity contribution is 5.72. The lowest BCUT2D eigenvalue weighted by Gasteiger charge is -2.13. The van der Waals surface area contributed by atoms with Gasteiger partial charge in [0.05, 0.1) is 12.0 Å². The van der Waals surface area contributed by atoms with Crippen LogP contribution in [-0.4, -0.2) is 18.7 Å². The van der Waals surface area contributed by atoms with Crippen LogP contribution < -0.4 is 11.2 Å². The summed E-state index contributed by atoms with van der Waals surface area (Å²) in [7, 11) is 0. The third kappa shape index (κ3) is 3.91. The molecule has 0 aliphatic carbocycles. The van der Waals surface area contributed by atoms with Crippen molar-refractivity contribution >= 4 is 11.2 Å². The molecule has 0 N–H and O–H groups in total. The second-order valence-electron chi connectivity index (χ2n) is 8.12. The first-order valence-corrected chi connectivity index (χ1v) is 11.0. The van der Waals surface area contributed by atoms with Gasteiger partial charge in [0.2, 0.25) is 0 Å². The maximum atomic E-state index is 13.6. The van der Waals surface area contributed by atoms with E-state index in [1.807, 2.05) is 96.4 Å². The molecule has 164 valence electrons. The van der Waals surface area contributed by atoms with Gasteiger partial charge >= 0.3 is 5.69 Å². The Kier molecular flexibility index (Phi) is 5.48. The Bertz CT molecular complexity index is 1530. The fraction of sp³-hybridized carbons (Fsp3) is 0.148. The lowest BCUT2D eigenvalue weighted by atomic mass is 10.1. The zero-order chi connectivity index (χ0) is 22.8. The average molecular weight is 437 g/mol. The van der Waals surface area contributed by atoms with E-state index in [0.29, 0.717) is 36.4 Å². The molecule has 2 heterocycles. The summed E-state index contributed by atoms with van der Waals surface area (Å²) in [6.07, 6.45) is 2.24. The third-order valence-corrected chi connectivity index (χ3v) is 5.98. The number of benzene rings is 3. The molecule has 33 heavy (non-hydrogen) atoms. The van der Waals surface area contributed by atoms with Gasteiger partial charge in [0, 0.05) is 13.1 Å². The Morgan fingerprint density at radius 3 is 2.21 bits per heavy atom. The Balaban J connectivity index is 1.69. The van der Waals surface area contributed by atoms with Crippen molar-refractivity contribution in [2.24, 2.45) is 0 Å². The number of imidazole rings is 1. The molecular formula is C27H24N4O2. The fourth-order valence-electron chi connectivity index (χ4n) is 4.16. The normalized spacial score (nSPS) is 11.2. The summed E-state index contributed by atoms with van der Waals surface area (Å²) >= 11 is 0. The molecule has 0 spiro atoms. The van der Waals surface area contributed by atoms with Gasteiger partial charge in [-0.25, -0.2) is 14.3 Å². The molecule has 2 aromatic heterocycles. The van der Waals surface area contributed by atoms with E-state index in [2.05, 4.69) is 4.98 Å². The molecule has 0 aliphatic heterocycles. The number of nitrogens with zero attached hydrogens (tertiary/aromatic N) is 4. The highest BCUT2D eigenvalue weighted by Gasteiger charge is 2.19. The van der Waals surface area contributed by atoms with Gasteiger partial charge in [-0.1, -0.05) is 72.8 Å². The highest BCUT2D eigenvalue weighted by atomic mass is 16.2. The molecule has 0 saturated heterocycles. The number of para-hydroxylation sites is 1. The average Bonchev–Trinajstić information content (AvgIpc) is 3.25. The van der Waals surface area contributed by atoms with E-state index >= 15 is 0 Å². The zero-order valence-corrected chi connectivity index (χ0v) is 18.4. The molecule has 0 bridgehead atoms. The van der Waals surface area contributed by atoms with Gasteiger partial charge in [-0.3, -0.25) is 9.36 Å². The largest absolute Gasteiger partial charge is 0.337 e. The van der Waals surface area contributed by atoms with Gasteiger partial charge < -0.3 is 4.57 Å². The minimum atomic E-state index is -0.379. The Labute approximate surface area is 191 Å². The SMILES string of the molecule is Cc1ccccc1Cn1cnc2c1c(=O)n(CCc1ccccc1)c(=O)n2-c1ccccc1. The van der Waals surface area contributed by atoms with Crippen LogP contribution in [-0.2, 0) is 19.5 Å². The van der Waals surface area contributed by atoms with Crippen LogP contribution in [0.2, 0.25) is 0 Å². The quantitative estimate of drug-likeness (QED) is 0.405. The van der Waals surface area contributed by atoms with Crippen LogP contribution in [0.15, 0.2) is 101 Å². The van der Waals surface area contributed by atoms with Crippen molar-refractivity contribution in [1.29, 1.82) is 0 Å². The van der Waals surface area contributed by atoms with Gasteiger partial charge in [0.1, 0.15) is 0 Å². The van der Waals surface area contributed by atoms with E-state index in [1.165, 1.54) is 9.13 Å². The predicted molar refractivity (Wildman–Crippen MR) is 130 cm³/mol. The summed E-state index contributed by atoms with van der Waals surface area (Å²) in [4.78, 5) is 31.6. The molecule has 0 saturated carbocycles. The minimum absolute atomic E-state index is 0.292. The van der Waals surface area contributed by atoms with Crippen LogP contribution in [0.5, 0.6) is 0 Å². The molecule has 6 heteroatoms. The van der Waals surface area contributed by atoms with Gasteiger partial charge in [0.25, 0.3) is 5.56 Å². The van der Waals surface area contributed by atoms with E-state index in [0.717, 1.165) is 16.7 Å². The summed E-state index contributed by atoms with van der Waals surface area (Å²) in [6.45, 7) is 2.84. The number of fused-ring (bicyclic) bond motifs is 1. The van der Waals surface area contributed by atoms with E-state index in [1.54, 1.807) is 6.33 Å². The van der Waals surface area contributed by atoms with E-state index in [9.17, 15) is 9.59 Å². The summed E-state index contributed by atoms with van der Waals surface area (Å²) in [5.41, 5.74) is 4.10. The second-order valence-corrected chi connectivity index (χ2v) is 8.12. The lowest BCUT2D eigenvalue weighted by molar-refractivity contribution is 0.615. The monoisotopic (exact) mass is 436 g/mol. The predicted octanol–water partition coefficient (Wildman–Crippen LogP) is 3.95. The Morgan fingerprint density at radius 1 is 0.818 bits per heavy atom. The third-order valence-electron chi connectivity index (χ3n) is 5.98. The molecular weight excluding hydrogens is 412 g/mol. The molecule has 0 atom stereocenters. The molecule has 0 aliphatic rings. The van der Waals surface area contributed by atoms with Crippen LogP contribution in [0, 0.1) is 6.92 Å². The lowest BCUT2D eigenvalue weighted by Crippen LogP contribution is -2.40. The zero-order valence-electron chi connectivity index (χ0n) is 18.4. The van der Waals surface area contributed by atoms with Crippen molar-refractivity contribution in [3.63, 3.8) is 0 Å². The number of rotatable bonds is 6. The van der Waals surface area contributed by atoms with Crippen LogP contribution >= 0.6 is 0 Å². The van der Waals surface area contributed by atoms with Gasteiger partial charge in [-0.2, -0.15) is 0 Å². The maximum absolute atomic E-state index is 13.6. The van der Waals surface area contributed by atoms with E-state index in [4.69, 9.17) is 0 Å². The summed E-state index contributed by atoms with van der Waals surface area (Å²) < 4.78 is 4.71. The van der Waals surface area contributed by atoms with Crippen LogP contribution in [0.4, 0.5) is 0 Å². The van der Waals surface area contributed by atoms with Gasteiger partial charge in [-0.15, -0.1) is 0 Å². The Hall–Kier alpha value is -4.19. The van der Waals surface area contributed by atoms with Crippen LogP contribution in [0.3, 0.4) is 0 Å². The summed E-state index contributed by atoms with van der Waals surface area (Å²) in [5, 5.41) is 0. The molecule has 5 rings (SSSR count). The summed E-state index contributed by atoms with van der Waals surface area (Å²) in [5.74, 6) is 0. The minimum Gasteiger partial charge on any atom is -0.320 e. The Morgan fingerprint density at radius 2 is 1.48 bits per heavy atom. The first kappa shape index (κ1) is 20.7. The fourth-order valence-corrected chi connectivity index (χ4v) is 4.16. The van der Waals surface area contributed by atoms with Gasteiger partial charge in [-0.05, 0) is 42.2 Å². The smallest absolute Gasteiger partial charge is 0.320 e. The number of aromatic nitrogens is 4. The van der Waals surface area contributed by atoms with Gasteiger partial charge in [0.15, 0.2) is 11.2 Å². The van der Waals surface area contributed by atoms with Crippen molar-refractivity contribution in [3.8, 4) is 5.69 Å². The number of aryl methyl sites for hydroxylation is 2. The van der Waals surface area contributed by atoms with Crippen LogP contribution in [0.1, 0.15) is 16.7 Å². The summed E-state index contributed by atoms with van der Waals surface area (Å²) in [6, 6.07) is 27.3. The van der Waals surface area contributed by atoms with E-state index in [-0.39, 0.29) is 11.2 Å². The molecule has 5 aromatic rings. The van der Waals surface area contributed by atoms with Crippen molar-refractivity contribution in [3.05, 3.63) is 129 Å². The maximum Gasteiger partial charge on any atom is 0.337 e. The topological polar surface area (TPSA) is 61.8 Å². The van der Waals surface area contributed by atoms with Crippen molar-refractivity contribution in [2.75, 3.05) is 0 Å². The molecule has 0 amide bonds. The number of hydrogen-bond acceptors (Lipinski definition) is 3. The first-order chi connectivity index (χ1) is 16.1. The van der Waals surface area contributed by atoms with Crippen molar-refractivity contribution in [1.82, 2.24) is 18.7 Å².